The van der Waals surface area contributed by atoms with E-state index in [1.807, 2.05) is 60.1 Å². The number of anilines is 1. The first kappa shape index (κ1) is 13.2. The monoisotopic (exact) mass is 281 g/mol. The number of carbonyl (C=O) groups is 1. The fourth-order valence-corrected chi connectivity index (χ4v) is 2.08. The van der Waals surface area contributed by atoms with Gasteiger partial charge in [0.1, 0.15) is 0 Å². The van der Waals surface area contributed by atoms with Crippen molar-refractivity contribution in [2.24, 2.45) is 0 Å². The lowest BCUT2D eigenvalue weighted by molar-refractivity contribution is -0.118. The number of hydrogen-bond acceptors (Lipinski definition) is 3. The fraction of sp³-hybridized carbons (Fsp3) is 0.125. The second kappa shape index (κ2) is 5.66. The molecule has 3 aromatic rings. The zero-order valence-corrected chi connectivity index (χ0v) is 11.6. The SMILES string of the molecule is Cc1cn2cccc(OCC(=O)Nc3ccccc3)c2n1. The molecule has 0 aliphatic rings. The van der Waals surface area contributed by atoms with Crippen molar-refractivity contribution in [1.29, 1.82) is 0 Å². The molecule has 5 heteroatoms. The number of benzene rings is 1. The van der Waals surface area contributed by atoms with E-state index in [9.17, 15) is 4.79 Å². The number of pyridine rings is 1. The predicted molar refractivity (Wildman–Crippen MR) is 80.5 cm³/mol. The molecule has 2 heterocycles. The summed E-state index contributed by atoms with van der Waals surface area (Å²) in [6.07, 6.45) is 3.80. The molecule has 0 bridgehead atoms. The number of fused-ring (bicyclic) bond motifs is 1. The molecule has 0 spiro atoms. The topological polar surface area (TPSA) is 55.6 Å². The minimum absolute atomic E-state index is 0.0551. The molecular weight excluding hydrogens is 266 g/mol. The number of aryl methyl sites for hydroxylation is 1. The van der Waals surface area contributed by atoms with Crippen LogP contribution in [0.4, 0.5) is 5.69 Å². The summed E-state index contributed by atoms with van der Waals surface area (Å²) in [7, 11) is 0. The number of nitrogens with zero attached hydrogens (tertiary/aromatic N) is 2. The van der Waals surface area contributed by atoms with Crippen LogP contribution in [-0.4, -0.2) is 21.9 Å². The van der Waals surface area contributed by atoms with E-state index in [4.69, 9.17) is 4.74 Å². The van der Waals surface area contributed by atoms with Gasteiger partial charge in [-0.1, -0.05) is 18.2 Å². The third kappa shape index (κ3) is 3.02. The molecule has 1 N–H and O–H groups in total. The van der Waals surface area contributed by atoms with Gasteiger partial charge in [-0.3, -0.25) is 4.79 Å². The summed E-state index contributed by atoms with van der Waals surface area (Å²) in [5.74, 6) is 0.389. The molecule has 0 radical (unpaired) electrons. The van der Waals surface area contributed by atoms with Gasteiger partial charge in [0, 0.05) is 18.1 Å². The molecule has 0 fully saturated rings. The van der Waals surface area contributed by atoms with Crippen LogP contribution in [0.2, 0.25) is 0 Å². The highest BCUT2D eigenvalue weighted by atomic mass is 16.5. The van der Waals surface area contributed by atoms with Crippen molar-refractivity contribution in [3.8, 4) is 5.75 Å². The Morgan fingerprint density at radius 3 is 2.86 bits per heavy atom. The third-order valence-electron chi connectivity index (χ3n) is 2.98. The largest absolute Gasteiger partial charge is 0.480 e. The number of para-hydroxylation sites is 1. The Labute approximate surface area is 122 Å². The number of rotatable bonds is 4. The molecule has 0 saturated carbocycles. The van der Waals surface area contributed by atoms with Crippen LogP contribution in [0.5, 0.6) is 5.75 Å². The molecule has 2 aromatic heterocycles. The number of hydrogen-bond donors (Lipinski definition) is 1. The second-order valence-corrected chi connectivity index (χ2v) is 4.69. The van der Waals surface area contributed by atoms with Gasteiger partial charge in [-0.25, -0.2) is 4.98 Å². The van der Waals surface area contributed by atoms with Crippen LogP contribution < -0.4 is 10.1 Å². The van der Waals surface area contributed by atoms with E-state index in [2.05, 4.69) is 10.3 Å². The molecule has 0 aliphatic carbocycles. The maximum atomic E-state index is 11.9. The van der Waals surface area contributed by atoms with Gasteiger partial charge in [0.2, 0.25) is 0 Å². The Bertz CT molecular complexity index is 766. The summed E-state index contributed by atoms with van der Waals surface area (Å²) in [6, 6.07) is 13.0. The normalized spacial score (nSPS) is 10.5. The van der Waals surface area contributed by atoms with Crippen LogP contribution in [0.3, 0.4) is 0 Å². The number of carbonyl (C=O) groups excluding carboxylic acids is 1. The summed E-state index contributed by atoms with van der Waals surface area (Å²) in [5, 5.41) is 2.77. The summed E-state index contributed by atoms with van der Waals surface area (Å²) in [6.45, 7) is 1.86. The zero-order valence-electron chi connectivity index (χ0n) is 11.6. The third-order valence-corrected chi connectivity index (χ3v) is 2.98. The van der Waals surface area contributed by atoms with Crippen LogP contribution in [-0.2, 0) is 4.79 Å². The molecule has 5 nitrogen and oxygen atoms in total. The Morgan fingerprint density at radius 1 is 1.24 bits per heavy atom. The Balaban J connectivity index is 1.67. The van der Waals surface area contributed by atoms with Crippen molar-refractivity contribution in [3.63, 3.8) is 0 Å². The van der Waals surface area contributed by atoms with E-state index in [1.165, 1.54) is 0 Å². The van der Waals surface area contributed by atoms with Gasteiger partial charge in [-0.15, -0.1) is 0 Å². The molecule has 0 unspecified atom stereocenters. The van der Waals surface area contributed by atoms with E-state index in [-0.39, 0.29) is 12.5 Å². The van der Waals surface area contributed by atoms with Gasteiger partial charge in [-0.2, -0.15) is 0 Å². The highest BCUT2D eigenvalue weighted by Crippen LogP contribution is 2.18. The number of amides is 1. The van der Waals surface area contributed by atoms with Crippen LogP contribution in [0.25, 0.3) is 5.65 Å². The van der Waals surface area contributed by atoms with Crippen molar-refractivity contribution in [2.45, 2.75) is 6.92 Å². The molecule has 3 rings (SSSR count). The van der Waals surface area contributed by atoms with Crippen LogP contribution in [0, 0.1) is 6.92 Å². The first-order valence-electron chi connectivity index (χ1n) is 6.64. The highest BCUT2D eigenvalue weighted by Gasteiger charge is 2.08. The Kier molecular flexibility index (Phi) is 3.55. The molecule has 1 aromatic carbocycles. The van der Waals surface area contributed by atoms with Gasteiger partial charge in [0.15, 0.2) is 18.0 Å². The average Bonchev–Trinajstić information content (AvgIpc) is 2.87. The molecule has 0 saturated heterocycles. The van der Waals surface area contributed by atoms with Crippen LogP contribution >= 0.6 is 0 Å². The lowest BCUT2D eigenvalue weighted by atomic mass is 10.3. The van der Waals surface area contributed by atoms with E-state index >= 15 is 0 Å². The summed E-state index contributed by atoms with van der Waals surface area (Å²) >= 11 is 0. The minimum Gasteiger partial charge on any atom is -0.480 e. The van der Waals surface area contributed by atoms with E-state index in [0.717, 1.165) is 11.4 Å². The van der Waals surface area contributed by atoms with E-state index in [1.54, 1.807) is 6.07 Å². The highest BCUT2D eigenvalue weighted by molar-refractivity contribution is 5.91. The molecular formula is C16H15N3O2. The maximum Gasteiger partial charge on any atom is 0.262 e. The van der Waals surface area contributed by atoms with Gasteiger partial charge in [-0.05, 0) is 31.2 Å². The van der Waals surface area contributed by atoms with Gasteiger partial charge < -0.3 is 14.5 Å². The zero-order chi connectivity index (χ0) is 14.7. The van der Waals surface area contributed by atoms with E-state index in [0.29, 0.717) is 11.4 Å². The van der Waals surface area contributed by atoms with Crippen molar-refractivity contribution in [2.75, 3.05) is 11.9 Å². The van der Waals surface area contributed by atoms with E-state index < -0.39 is 0 Å². The van der Waals surface area contributed by atoms with Crippen molar-refractivity contribution >= 4 is 17.2 Å². The lowest BCUT2D eigenvalue weighted by Crippen LogP contribution is -2.20. The molecule has 1 amide bonds. The number of nitrogens with one attached hydrogen (secondary N) is 1. The van der Waals surface area contributed by atoms with Crippen molar-refractivity contribution < 1.29 is 9.53 Å². The standard InChI is InChI=1S/C16H15N3O2/c1-12-10-19-9-5-8-14(16(19)17-12)21-11-15(20)18-13-6-3-2-4-7-13/h2-10H,11H2,1H3,(H,18,20). The number of aromatic nitrogens is 2. The Hall–Kier alpha value is -2.82. The van der Waals surface area contributed by atoms with Crippen molar-refractivity contribution in [3.05, 3.63) is 60.6 Å². The smallest absolute Gasteiger partial charge is 0.262 e. The van der Waals surface area contributed by atoms with Crippen LogP contribution in [0.1, 0.15) is 5.69 Å². The molecule has 0 atom stereocenters. The summed E-state index contributed by atoms with van der Waals surface area (Å²) < 4.78 is 7.45. The van der Waals surface area contributed by atoms with Gasteiger partial charge in [0.25, 0.3) is 5.91 Å². The molecule has 21 heavy (non-hydrogen) atoms. The number of imidazole rings is 1. The fourth-order valence-electron chi connectivity index (χ4n) is 2.08. The predicted octanol–water partition coefficient (Wildman–Crippen LogP) is 2.66. The quantitative estimate of drug-likeness (QED) is 0.800. The van der Waals surface area contributed by atoms with Gasteiger partial charge in [0.05, 0.1) is 5.69 Å². The average molecular weight is 281 g/mol. The summed E-state index contributed by atoms with van der Waals surface area (Å²) in [4.78, 5) is 16.2. The first-order chi connectivity index (χ1) is 10.2. The Morgan fingerprint density at radius 2 is 2.05 bits per heavy atom. The number of ether oxygens (including phenoxy) is 1. The first-order valence-corrected chi connectivity index (χ1v) is 6.64. The lowest BCUT2D eigenvalue weighted by Gasteiger charge is -2.08. The molecule has 0 aliphatic heterocycles. The van der Waals surface area contributed by atoms with Crippen LogP contribution in [0.15, 0.2) is 54.9 Å². The molecule has 106 valence electrons. The van der Waals surface area contributed by atoms with Gasteiger partial charge >= 0.3 is 0 Å². The maximum absolute atomic E-state index is 11.9. The minimum atomic E-state index is -0.202. The van der Waals surface area contributed by atoms with Crippen molar-refractivity contribution in [1.82, 2.24) is 9.38 Å². The second-order valence-electron chi connectivity index (χ2n) is 4.69. The summed E-state index contributed by atoms with van der Waals surface area (Å²) in [5.41, 5.74) is 2.36.